The van der Waals surface area contributed by atoms with Gasteiger partial charge in [-0.05, 0) is 44.0 Å². The van der Waals surface area contributed by atoms with E-state index in [1.807, 2.05) is 17.0 Å². The molecular weight excluding hydrogens is 305 g/mol. The van der Waals surface area contributed by atoms with Gasteiger partial charge in [-0.2, -0.15) is 0 Å². The van der Waals surface area contributed by atoms with E-state index >= 15 is 0 Å². The number of nitrogens with zero attached hydrogens (tertiary/aromatic N) is 3. The zero-order chi connectivity index (χ0) is 17.1. The second-order valence-electron chi connectivity index (χ2n) is 7.26. The molecule has 132 valence electrons. The van der Waals surface area contributed by atoms with E-state index in [9.17, 15) is 9.18 Å². The summed E-state index contributed by atoms with van der Waals surface area (Å²) >= 11 is 0. The summed E-state index contributed by atoms with van der Waals surface area (Å²) in [6.45, 7) is 7.65. The number of rotatable bonds is 4. The van der Waals surface area contributed by atoms with Gasteiger partial charge in [-0.3, -0.25) is 9.69 Å². The molecule has 0 N–H and O–H groups in total. The van der Waals surface area contributed by atoms with Crippen LogP contribution >= 0.6 is 0 Å². The molecule has 2 unspecified atom stereocenters. The van der Waals surface area contributed by atoms with Crippen LogP contribution in [0.3, 0.4) is 0 Å². The highest BCUT2D eigenvalue weighted by Crippen LogP contribution is 2.31. The first-order valence-electron chi connectivity index (χ1n) is 8.99. The summed E-state index contributed by atoms with van der Waals surface area (Å²) in [7, 11) is 2.10. The monoisotopic (exact) mass is 333 g/mol. The van der Waals surface area contributed by atoms with Gasteiger partial charge in [-0.1, -0.05) is 12.1 Å². The molecule has 2 atom stereocenters. The smallest absolute Gasteiger partial charge is 0.223 e. The molecule has 24 heavy (non-hydrogen) atoms. The topological polar surface area (TPSA) is 26.8 Å². The predicted octanol–water partition coefficient (Wildman–Crippen LogP) is 2.17. The van der Waals surface area contributed by atoms with E-state index in [-0.39, 0.29) is 11.7 Å². The molecule has 1 amide bonds. The van der Waals surface area contributed by atoms with Gasteiger partial charge >= 0.3 is 0 Å². The highest BCUT2D eigenvalue weighted by molar-refractivity contribution is 5.76. The van der Waals surface area contributed by atoms with Gasteiger partial charge in [-0.15, -0.1) is 0 Å². The molecular formula is C19H28FN3O. The summed E-state index contributed by atoms with van der Waals surface area (Å²) in [5, 5.41) is 0. The minimum atomic E-state index is -0.181. The van der Waals surface area contributed by atoms with Crippen molar-refractivity contribution in [1.29, 1.82) is 0 Å². The summed E-state index contributed by atoms with van der Waals surface area (Å²) in [6, 6.07) is 7.34. The first kappa shape index (κ1) is 17.4. The van der Waals surface area contributed by atoms with E-state index in [1.165, 1.54) is 5.56 Å². The summed E-state index contributed by atoms with van der Waals surface area (Å²) < 4.78 is 13.1. The molecule has 2 aliphatic rings. The molecule has 2 saturated heterocycles. The molecule has 1 aromatic rings. The first-order valence-corrected chi connectivity index (χ1v) is 8.99. The Kier molecular flexibility index (Phi) is 5.51. The molecule has 1 aromatic carbocycles. The minimum absolute atomic E-state index is 0.181. The van der Waals surface area contributed by atoms with Crippen LogP contribution in [0.2, 0.25) is 0 Å². The van der Waals surface area contributed by atoms with Crippen LogP contribution in [0.5, 0.6) is 0 Å². The normalized spacial score (nSPS) is 26.0. The zero-order valence-electron chi connectivity index (χ0n) is 14.7. The molecule has 4 nitrogen and oxygen atoms in total. The van der Waals surface area contributed by atoms with Crippen molar-refractivity contribution in [2.45, 2.75) is 31.7 Å². The van der Waals surface area contributed by atoms with Crippen molar-refractivity contribution < 1.29 is 9.18 Å². The Hall–Kier alpha value is -1.46. The van der Waals surface area contributed by atoms with Gasteiger partial charge in [-0.25, -0.2) is 4.39 Å². The van der Waals surface area contributed by atoms with Crippen LogP contribution in [0.25, 0.3) is 0 Å². The zero-order valence-corrected chi connectivity index (χ0v) is 14.7. The van der Waals surface area contributed by atoms with Crippen molar-refractivity contribution in [3.63, 3.8) is 0 Å². The standard InChI is InChI=1S/C19H28FN3O/c1-15-13-17(16-3-5-18(20)6-4-16)14-23(15)8-7-19(24)22-11-9-21(2)10-12-22/h3-6,15,17H,7-14H2,1-2H3. The van der Waals surface area contributed by atoms with Crippen molar-refractivity contribution in [2.24, 2.45) is 0 Å². The van der Waals surface area contributed by atoms with Crippen LogP contribution in [-0.2, 0) is 4.79 Å². The first-order chi connectivity index (χ1) is 11.5. The van der Waals surface area contributed by atoms with Gasteiger partial charge in [0.2, 0.25) is 5.91 Å². The Morgan fingerprint density at radius 3 is 2.50 bits per heavy atom. The SMILES string of the molecule is CC1CC(c2ccc(F)cc2)CN1CCC(=O)N1CCN(C)CC1. The maximum atomic E-state index is 13.1. The average Bonchev–Trinajstić information content (AvgIpc) is 2.95. The van der Waals surface area contributed by atoms with Crippen molar-refractivity contribution >= 4 is 5.91 Å². The number of amides is 1. The molecule has 0 spiro atoms. The molecule has 3 rings (SSSR count). The Labute approximate surface area is 144 Å². The number of hydrogen-bond donors (Lipinski definition) is 0. The van der Waals surface area contributed by atoms with Crippen molar-refractivity contribution in [3.8, 4) is 0 Å². The fraction of sp³-hybridized carbons (Fsp3) is 0.632. The lowest BCUT2D eigenvalue weighted by Crippen LogP contribution is -2.47. The number of benzene rings is 1. The highest BCUT2D eigenvalue weighted by Gasteiger charge is 2.30. The van der Waals surface area contributed by atoms with Gasteiger partial charge in [0.25, 0.3) is 0 Å². The predicted molar refractivity (Wildman–Crippen MR) is 93.5 cm³/mol. The van der Waals surface area contributed by atoms with Crippen LogP contribution in [0.15, 0.2) is 24.3 Å². The lowest BCUT2D eigenvalue weighted by molar-refractivity contribution is -0.133. The average molecular weight is 333 g/mol. The number of likely N-dealkylation sites (tertiary alicyclic amines) is 1. The summed E-state index contributed by atoms with van der Waals surface area (Å²) in [5.74, 6) is 0.541. The van der Waals surface area contributed by atoms with E-state index in [0.717, 1.165) is 45.7 Å². The lowest BCUT2D eigenvalue weighted by atomic mass is 9.97. The van der Waals surface area contributed by atoms with E-state index in [2.05, 4.69) is 23.8 Å². The quantitative estimate of drug-likeness (QED) is 0.845. The number of halogens is 1. The summed E-state index contributed by atoms with van der Waals surface area (Å²) in [6.07, 6.45) is 1.68. The number of piperazine rings is 1. The van der Waals surface area contributed by atoms with Crippen molar-refractivity contribution in [1.82, 2.24) is 14.7 Å². The Morgan fingerprint density at radius 2 is 1.83 bits per heavy atom. The molecule has 0 bridgehead atoms. The summed E-state index contributed by atoms with van der Waals surface area (Å²) in [4.78, 5) is 19.1. The molecule has 2 heterocycles. The minimum Gasteiger partial charge on any atom is -0.340 e. The van der Waals surface area contributed by atoms with Gasteiger partial charge < -0.3 is 9.80 Å². The van der Waals surface area contributed by atoms with Gasteiger partial charge in [0.05, 0.1) is 0 Å². The molecule has 5 heteroatoms. The second kappa shape index (κ2) is 7.62. The van der Waals surface area contributed by atoms with E-state index in [0.29, 0.717) is 18.4 Å². The molecule has 2 fully saturated rings. The van der Waals surface area contributed by atoms with Gasteiger partial charge in [0.1, 0.15) is 5.82 Å². The maximum absolute atomic E-state index is 13.1. The molecule has 0 saturated carbocycles. The summed E-state index contributed by atoms with van der Waals surface area (Å²) in [5.41, 5.74) is 1.20. The third-order valence-corrected chi connectivity index (χ3v) is 5.51. The Bertz CT molecular complexity index is 554. The lowest BCUT2D eigenvalue weighted by Gasteiger charge is -2.33. The van der Waals surface area contributed by atoms with Crippen molar-refractivity contribution in [3.05, 3.63) is 35.6 Å². The maximum Gasteiger partial charge on any atom is 0.223 e. The van der Waals surface area contributed by atoms with E-state index in [1.54, 1.807) is 12.1 Å². The van der Waals surface area contributed by atoms with Crippen LogP contribution < -0.4 is 0 Å². The van der Waals surface area contributed by atoms with Crippen LogP contribution in [0.1, 0.15) is 31.2 Å². The number of hydrogen-bond acceptors (Lipinski definition) is 3. The largest absolute Gasteiger partial charge is 0.340 e. The molecule has 0 aromatic heterocycles. The van der Waals surface area contributed by atoms with Crippen LogP contribution in [0.4, 0.5) is 4.39 Å². The third-order valence-electron chi connectivity index (χ3n) is 5.51. The fourth-order valence-electron chi connectivity index (χ4n) is 3.84. The van der Waals surface area contributed by atoms with Gasteiger partial charge in [0, 0.05) is 51.7 Å². The number of carbonyl (C=O) groups is 1. The molecule has 0 radical (unpaired) electrons. The van der Waals surface area contributed by atoms with Crippen LogP contribution in [0, 0.1) is 5.82 Å². The molecule has 2 aliphatic heterocycles. The number of carbonyl (C=O) groups excluding carboxylic acids is 1. The van der Waals surface area contributed by atoms with E-state index in [4.69, 9.17) is 0 Å². The number of likely N-dealkylation sites (N-methyl/N-ethyl adjacent to an activating group) is 1. The van der Waals surface area contributed by atoms with E-state index < -0.39 is 0 Å². The second-order valence-corrected chi connectivity index (χ2v) is 7.26. The third kappa shape index (κ3) is 4.14. The fourth-order valence-corrected chi connectivity index (χ4v) is 3.84. The van der Waals surface area contributed by atoms with Gasteiger partial charge in [0.15, 0.2) is 0 Å². The Balaban J connectivity index is 1.49. The van der Waals surface area contributed by atoms with Crippen LogP contribution in [-0.4, -0.2) is 73.0 Å². The molecule has 0 aliphatic carbocycles. The Morgan fingerprint density at radius 1 is 1.17 bits per heavy atom. The highest BCUT2D eigenvalue weighted by atomic mass is 19.1. The van der Waals surface area contributed by atoms with Crippen molar-refractivity contribution in [2.75, 3.05) is 46.3 Å².